The van der Waals surface area contributed by atoms with Gasteiger partial charge >= 0.3 is 11.8 Å². The summed E-state index contributed by atoms with van der Waals surface area (Å²) in [5, 5.41) is 17.2. The molecule has 0 saturated carbocycles. The predicted octanol–water partition coefficient (Wildman–Crippen LogP) is 2.20. The largest absolute Gasteiger partial charge is 0.444 e. The highest BCUT2D eigenvalue weighted by Crippen LogP contribution is 2.12. The van der Waals surface area contributed by atoms with E-state index in [0.29, 0.717) is 11.5 Å². The lowest BCUT2D eigenvalue weighted by Crippen LogP contribution is -2.32. The molecule has 9 heteroatoms. The van der Waals surface area contributed by atoms with Crippen LogP contribution in [-0.2, 0) is 11.3 Å². The van der Waals surface area contributed by atoms with Crippen molar-refractivity contribution in [2.45, 2.75) is 32.9 Å². The second-order valence-corrected chi connectivity index (χ2v) is 5.74. The number of hydrogen-bond donors (Lipinski definition) is 1. The number of ether oxygens (including phenoxy) is 1. The fourth-order valence-corrected chi connectivity index (χ4v) is 1.70. The lowest BCUT2D eigenvalue weighted by molar-refractivity contribution is -0.384. The Kier molecular flexibility index (Phi) is 4.58. The third kappa shape index (κ3) is 4.77. The van der Waals surface area contributed by atoms with Crippen molar-refractivity contribution in [1.82, 2.24) is 20.1 Å². The van der Waals surface area contributed by atoms with Gasteiger partial charge in [0.15, 0.2) is 5.82 Å². The van der Waals surface area contributed by atoms with Crippen molar-refractivity contribution >= 4 is 11.8 Å². The van der Waals surface area contributed by atoms with Crippen LogP contribution in [0.4, 0.5) is 10.5 Å². The highest BCUT2D eigenvalue weighted by atomic mass is 16.6. The maximum absolute atomic E-state index is 11.6. The summed E-state index contributed by atoms with van der Waals surface area (Å²) in [5.74, 6) is 0.418. The topological polar surface area (TPSA) is 112 Å². The Hall–Kier alpha value is -2.97. The van der Waals surface area contributed by atoms with E-state index in [2.05, 4.69) is 15.4 Å². The van der Waals surface area contributed by atoms with Gasteiger partial charge in [0.2, 0.25) is 0 Å². The fraction of sp³-hybridized carbons (Fsp3) is 0.357. The van der Waals surface area contributed by atoms with Crippen molar-refractivity contribution in [3.63, 3.8) is 0 Å². The minimum absolute atomic E-state index is 0.121. The zero-order chi connectivity index (χ0) is 17.0. The number of aromatic nitrogens is 3. The van der Waals surface area contributed by atoms with Gasteiger partial charge in [-0.2, -0.15) is 5.10 Å². The first-order chi connectivity index (χ1) is 10.7. The number of carbonyl (C=O) groups is 1. The summed E-state index contributed by atoms with van der Waals surface area (Å²) < 4.78 is 6.43. The number of nitro groups is 1. The second-order valence-electron chi connectivity index (χ2n) is 5.74. The van der Waals surface area contributed by atoms with Gasteiger partial charge in [-0.3, -0.25) is 10.1 Å². The number of amides is 1. The van der Waals surface area contributed by atoms with Crippen LogP contribution in [0.1, 0.15) is 26.5 Å². The molecule has 2 rings (SSSR count). The molecule has 1 N–H and O–H groups in total. The summed E-state index contributed by atoms with van der Waals surface area (Å²) in [5.41, 5.74) is -0.122. The van der Waals surface area contributed by atoms with E-state index in [1.807, 2.05) is 0 Å². The van der Waals surface area contributed by atoms with Crippen LogP contribution in [0, 0.1) is 10.1 Å². The van der Waals surface area contributed by atoms with Crippen LogP contribution in [0.2, 0.25) is 0 Å². The molecule has 0 radical (unpaired) electrons. The van der Waals surface area contributed by atoms with E-state index >= 15 is 0 Å². The van der Waals surface area contributed by atoms with Crippen LogP contribution < -0.4 is 5.32 Å². The van der Waals surface area contributed by atoms with Gasteiger partial charge in [-0.25, -0.2) is 14.5 Å². The van der Waals surface area contributed by atoms with E-state index in [4.69, 9.17) is 4.74 Å². The Balaban J connectivity index is 2.05. The number of alkyl carbamates (subject to hydrolysis) is 1. The van der Waals surface area contributed by atoms with E-state index in [0.717, 1.165) is 6.20 Å². The molecular formula is C14H17N5O4. The van der Waals surface area contributed by atoms with Gasteiger partial charge in [-0.1, -0.05) is 6.07 Å². The molecule has 2 aromatic rings. The Bertz CT molecular complexity index is 720. The Morgan fingerprint density at radius 2 is 2.17 bits per heavy atom. The average molecular weight is 319 g/mol. The lowest BCUT2D eigenvalue weighted by Gasteiger charge is -2.19. The van der Waals surface area contributed by atoms with E-state index in [1.165, 1.54) is 10.9 Å². The number of nitrogens with zero attached hydrogens (tertiary/aromatic N) is 4. The van der Waals surface area contributed by atoms with Gasteiger partial charge in [0.25, 0.3) is 0 Å². The Morgan fingerprint density at radius 3 is 2.78 bits per heavy atom. The maximum Gasteiger partial charge on any atom is 0.407 e. The quantitative estimate of drug-likeness (QED) is 0.683. The number of hydrogen-bond acceptors (Lipinski definition) is 6. The molecule has 0 aliphatic rings. The molecule has 0 saturated heterocycles. The molecule has 0 spiro atoms. The van der Waals surface area contributed by atoms with Crippen molar-refractivity contribution in [3.8, 4) is 5.82 Å². The summed E-state index contributed by atoms with van der Waals surface area (Å²) in [7, 11) is 0. The van der Waals surface area contributed by atoms with Gasteiger partial charge in [0.1, 0.15) is 18.0 Å². The van der Waals surface area contributed by atoms with Crippen LogP contribution in [-0.4, -0.2) is 31.4 Å². The monoisotopic (exact) mass is 319 g/mol. The normalized spacial score (nSPS) is 11.1. The molecule has 9 nitrogen and oxygen atoms in total. The SMILES string of the molecule is CC(C)(C)OC(=O)NCc1cccc(-n2cc([N+](=O)[O-])cn2)n1. The maximum atomic E-state index is 11.6. The summed E-state index contributed by atoms with van der Waals surface area (Å²) in [6, 6.07) is 5.11. The van der Waals surface area contributed by atoms with Crippen LogP contribution >= 0.6 is 0 Å². The van der Waals surface area contributed by atoms with Crippen molar-refractivity contribution in [1.29, 1.82) is 0 Å². The minimum atomic E-state index is -0.576. The van der Waals surface area contributed by atoms with Crippen molar-refractivity contribution < 1.29 is 14.5 Å². The molecule has 23 heavy (non-hydrogen) atoms. The molecule has 0 fully saturated rings. The highest BCUT2D eigenvalue weighted by Gasteiger charge is 2.16. The van der Waals surface area contributed by atoms with E-state index in [9.17, 15) is 14.9 Å². The van der Waals surface area contributed by atoms with Gasteiger partial charge in [0, 0.05) is 0 Å². The molecule has 1 amide bonds. The summed E-state index contributed by atoms with van der Waals surface area (Å²) in [6.45, 7) is 5.49. The minimum Gasteiger partial charge on any atom is -0.444 e. The molecule has 2 heterocycles. The number of pyridine rings is 1. The van der Waals surface area contributed by atoms with E-state index in [-0.39, 0.29) is 12.2 Å². The molecule has 0 atom stereocenters. The van der Waals surface area contributed by atoms with Gasteiger partial charge in [-0.05, 0) is 32.9 Å². The molecule has 122 valence electrons. The van der Waals surface area contributed by atoms with E-state index < -0.39 is 16.6 Å². The predicted molar refractivity (Wildman–Crippen MR) is 81.1 cm³/mol. The van der Waals surface area contributed by atoms with Crippen molar-refractivity contribution in [3.05, 3.63) is 46.4 Å². The van der Waals surface area contributed by atoms with Gasteiger partial charge in [-0.15, -0.1) is 0 Å². The molecule has 0 aromatic carbocycles. The van der Waals surface area contributed by atoms with Crippen LogP contribution in [0.5, 0.6) is 0 Å². The third-order valence-electron chi connectivity index (χ3n) is 2.62. The highest BCUT2D eigenvalue weighted by molar-refractivity contribution is 5.67. The molecule has 0 unspecified atom stereocenters. The third-order valence-corrected chi connectivity index (χ3v) is 2.62. The molecular weight excluding hydrogens is 302 g/mol. The summed E-state index contributed by atoms with van der Waals surface area (Å²) in [6.07, 6.45) is 1.88. The standard InChI is InChI=1S/C14H17N5O4/c1-14(2,3)23-13(20)15-7-10-5-4-6-12(17-10)18-9-11(8-16-18)19(21)22/h4-6,8-9H,7H2,1-3H3,(H,15,20). The van der Waals surface area contributed by atoms with Crippen molar-refractivity contribution in [2.75, 3.05) is 0 Å². The Morgan fingerprint density at radius 1 is 1.43 bits per heavy atom. The van der Waals surface area contributed by atoms with Crippen LogP contribution in [0.3, 0.4) is 0 Å². The van der Waals surface area contributed by atoms with Crippen LogP contribution in [0.15, 0.2) is 30.6 Å². The zero-order valence-corrected chi connectivity index (χ0v) is 13.0. The molecule has 0 aliphatic carbocycles. The first kappa shape index (κ1) is 16.4. The van der Waals surface area contributed by atoms with Crippen LogP contribution in [0.25, 0.3) is 5.82 Å². The summed E-state index contributed by atoms with van der Waals surface area (Å²) >= 11 is 0. The first-order valence-electron chi connectivity index (χ1n) is 6.87. The number of nitrogens with one attached hydrogen (secondary N) is 1. The van der Waals surface area contributed by atoms with Gasteiger partial charge in [0.05, 0.1) is 17.2 Å². The zero-order valence-electron chi connectivity index (χ0n) is 13.0. The number of rotatable bonds is 4. The van der Waals surface area contributed by atoms with Crippen molar-refractivity contribution in [2.24, 2.45) is 0 Å². The molecule has 0 aliphatic heterocycles. The smallest absolute Gasteiger partial charge is 0.407 e. The fourth-order valence-electron chi connectivity index (χ4n) is 1.70. The lowest BCUT2D eigenvalue weighted by atomic mass is 10.2. The second kappa shape index (κ2) is 6.42. The van der Waals surface area contributed by atoms with E-state index in [1.54, 1.807) is 39.0 Å². The Labute approximate surface area is 132 Å². The summed E-state index contributed by atoms with van der Waals surface area (Å²) in [4.78, 5) is 26.0. The molecule has 2 aromatic heterocycles. The molecule has 0 bridgehead atoms. The number of carbonyl (C=O) groups excluding carboxylic acids is 1. The van der Waals surface area contributed by atoms with Gasteiger partial charge < -0.3 is 10.1 Å². The average Bonchev–Trinajstić information content (AvgIpc) is 2.94. The first-order valence-corrected chi connectivity index (χ1v) is 6.87.